The van der Waals surface area contributed by atoms with E-state index < -0.39 is 0 Å². The van der Waals surface area contributed by atoms with E-state index >= 15 is 0 Å². The third kappa shape index (κ3) is 20.3. The zero-order valence-corrected chi connectivity index (χ0v) is 81.0. The molecule has 5 saturated heterocycles. The lowest BCUT2D eigenvalue weighted by atomic mass is 10.1. The van der Waals surface area contributed by atoms with Crippen molar-refractivity contribution in [1.29, 1.82) is 0 Å². The number of methoxy groups -OCH3 is 1. The molecule has 0 unspecified atom stereocenters. The largest absolute Gasteiger partial charge is 0.496 e. The first-order chi connectivity index (χ1) is 66.8. The zero-order chi connectivity index (χ0) is 98.1. The van der Waals surface area contributed by atoms with Crippen molar-refractivity contribution in [1.82, 2.24) is 120 Å². The number of nitrogens with zero attached hydrogens (tertiary/aromatic N) is 25. The average Bonchev–Trinajstić information content (AvgIpc) is 1.64. The molecule has 0 bridgehead atoms. The summed E-state index contributed by atoms with van der Waals surface area (Å²) < 4.78 is 29.2. The molecule has 0 saturated carbocycles. The van der Waals surface area contributed by atoms with Crippen LogP contribution in [0.15, 0.2) is 163 Å². The lowest BCUT2D eigenvalue weighted by Gasteiger charge is -2.34. The summed E-state index contributed by atoms with van der Waals surface area (Å²) in [6, 6.07) is 40.1. The Morgan fingerprint density at radius 3 is 0.763 bits per heavy atom. The molecule has 5 fully saturated rings. The Labute approximate surface area is 796 Å². The van der Waals surface area contributed by atoms with Gasteiger partial charge < -0.3 is 63.6 Å². The van der Waals surface area contributed by atoms with Crippen LogP contribution in [0.4, 0.5) is 29.7 Å². The SMILES string of the molecule is COc1ccccc1CN1CCN(c2nc3c([nH]2)c(=O)n(C)c(=O)n3C)CC1.Cc1ccc(CN2CCN(c3nc4c([nH]3)c(=O)n(C)c(=O)n4C)CC2)cc1.Cc1ccc(CN2CCN(c3nc4c([nH]3)c(=O)n(C)c(=O)n4C)CC2)cc1.Cc1ccc(CN2CCN(c3nc4c([nH]3)c(=O)n(C)c(=O)n4C)CC2)cc1.Cn1c(=O)c2[nH]c(N3CCN(Cc4ccc5c(c4)OCCO5)CC3)nc2n(C)c1=O. The van der Waals surface area contributed by atoms with E-state index in [2.05, 4.69) is 211 Å². The van der Waals surface area contributed by atoms with Crippen LogP contribution in [0, 0.1) is 20.8 Å². The van der Waals surface area contributed by atoms with Crippen LogP contribution in [0.3, 0.4) is 0 Å². The Morgan fingerprint density at radius 1 is 0.273 bits per heavy atom. The minimum Gasteiger partial charge on any atom is -0.496 e. The molecule has 10 aromatic heterocycles. The van der Waals surface area contributed by atoms with E-state index in [1.807, 2.05) is 24.3 Å². The first kappa shape index (κ1) is 95.8. The van der Waals surface area contributed by atoms with Gasteiger partial charge in [-0.1, -0.05) is 114 Å². The van der Waals surface area contributed by atoms with Crippen LogP contribution in [0.5, 0.6) is 17.2 Å². The summed E-state index contributed by atoms with van der Waals surface area (Å²) in [6.45, 7) is 28.9. The Balaban J connectivity index is 0.000000120. The zero-order valence-electron chi connectivity index (χ0n) is 81.0. The molecule has 16 heterocycles. The molecule has 6 aliphatic rings. The fourth-order valence-electron chi connectivity index (χ4n) is 18.3. The number of ether oxygens (including phenoxy) is 3. The molecule has 43 nitrogen and oxygen atoms in total. The Hall–Kier alpha value is -15.0. The number of nitrogens with one attached hydrogen (secondary N) is 5. The van der Waals surface area contributed by atoms with Gasteiger partial charge in [0.1, 0.15) is 19.0 Å². The smallest absolute Gasteiger partial charge is 0.332 e. The number of benzene rings is 5. The van der Waals surface area contributed by atoms with Gasteiger partial charge in [0, 0.05) is 240 Å². The van der Waals surface area contributed by atoms with Crippen molar-refractivity contribution in [2.24, 2.45) is 70.5 Å². The van der Waals surface area contributed by atoms with E-state index in [0.717, 1.165) is 204 Å². The van der Waals surface area contributed by atoms with E-state index in [0.29, 0.717) is 98.8 Å². The molecule has 43 heteroatoms. The lowest BCUT2D eigenvalue weighted by Crippen LogP contribution is -2.46. The maximum absolute atomic E-state index is 12.4. The van der Waals surface area contributed by atoms with Crippen molar-refractivity contribution in [3.63, 3.8) is 0 Å². The van der Waals surface area contributed by atoms with E-state index in [4.69, 9.17) is 14.2 Å². The number of fused-ring (bicyclic) bond motifs is 6. The van der Waals surface area contributed by atoms with E-state index in [-0.39, 0.29) is 56.2 Å². The minimum atomic E-state index is -0.380. The van der Waals surface area contributed by atoms with Crippen molar-refractivity contribution < 1.29 is 14.2 Å². The molecule has 6 aliphatic heterocycles. The normalized spacial score (nSPS) is 15.8. The van der Waals surface area contributed by atoms with Crippen molar-refractivity contribution in [3.05, 3.63) is 264 Å². The summed E-state index contributed by atoms with van der Waals surface area (Å²) in [5.74, 6) is 5.73. The lowest BCUT2D eigenvalue weighted by molar-refractivity contribution is 0.171. The summed E-state index contributed by atoms with van der Waals surface area (Å²) in [4.78, 5) is 183. The number of aromatic nitrogens is 20. The maximum atomic E-state index is 12.4. The Morgan fingerprint density at radius 2 is 0.504 bits per heavy atom. The predicted molar refractivity (Wildman–Crippen MR) is 534 cm³/mol. The van der Waals surface area contributed by atoms with Crippen molar-refractivity contribution in [2.75, 3.05) is 176 Å². The van der Waals surface area contributed by atoms with Gasteiger partial charge in [-0.25, -0.2) is 24.0 Å². The number of H-pyrrole nitrogens is 5. The van der Waals surface area contributed by atoms with Gasteiger partial charge in [0.15, 0.2) is 67.3 Å². The van der Waals surface area contributed by atoms with Crippen LogP contribution in [0.2, 0.25) is 0 Å². The van der Waals surface area contributed by atoms with Gasteiger partial charge in [0.05, 0.1) is 7.11 Å². The molecule has 0 aliphatic carbocycles. The average molecular weight is 1900 g/mol. The molecule has 0 radical (unpaired) electrons. The number of anilines is 5. The summed E-state index contributed by atoms with van der Waals surface area (Å²) >= 11 is 0. The molecular weight excluding hydrogens is 1780 g/mol. The van der Waals surface area contributed by atoms with Gasteiger partial charge in [0.2, 0.25) is 29.7 Å². The third-order valence-corrected chi connectivity index (χ3v) is 27.0. The van der Waals surface area contributed by atoms with Crippen LogP contribution in [-0.4, -0.2) is 271 Å². The Bertz CT molecular complexity index is 7270. The number of para-hydroxylation sites is 1. The van der Waals surface area contributed by atoms with Gasteiger partial charge in [-0.2, -0.15) is 24.9 Å². The second-order valence-electron chi connectivity index (χ2n) is 36.4. The van der Waals surface area contributed by atoms with Crippen molar-refractivity contribution in [2.45, 2.75) is 53.5 Å². The maximum Gasteiger partial charge on any atom is 0.332 e. The van der Waals surface area contributed by atoms with Gasteiger partial charge in [0.25, 0.3) is 27.8 Å². The quantitative estimate of drug-likeness (QED) is 0.0924. The fraction of sp³-hybridized carbons (Fsp3) is 0.427. The summed E-state index contributed by atoms with van der Waals surface area (Å²) in [5, 5.41) is 0. The number of piperazine rings is 5. The first-order valence-electron chi connectivity index (χ1n) is 46.6. The summed E-state index contributed by atoms with van der Waals surface area (Å²) in [7, 11) is 17.2. The van der Waals surface area contributed by atoms with Gasteiger partial charge in [-0.15, -0.1) is 0 Å². The molecule has 0 atom stereocenters. The molecule has 0 spiro atoms. The topological polar surface area (TPSA) is 423 Å². The number of aromatic amines is 5. The van der Waals surface area contributed by atoms with Crippen LogP contribution in [0.1, 0.15) is 44.5 Å². The Kier molecular flexibility index (Phi) is 28.1. The van der Waals surface area contributed by atoms with Gasteiger partial charge in [-0.05, 0) is 61.2 Å². The molecule has 5 aromatic carbocycles. The van der Waals surface area contributed by atoms with Gasteiger partial charge >= 0.3 is 28.4 Å². The molecule has 0 amide bonds. The van der Waals surface area contributed by atoms with Crippen LogP contribution in [-0.2, 0) is 103 Å². The molecule has 15 aromatic rings. The monoisotopic (exact) mass is 1900 g/mol. The highest BCUT2D eigenvalue weighted by Gasteiger charge is 2.30. The van der Waals surface area contributed by atoms with Crippen LogP contribution < -0.4 is 95.0 Å². The van der Waals surface area contributed by atoms with Crippen LogP contribution in [0.25, 0.3) is 55.8 Å². The standard InChI is InChI=1S/C20H24N6O4.C19H24N6O3.3C19H24N6O2/c1-23-17-16(18(27)24(2)20(23)28)21-19(22-17)26-7-5-25(6-8-26)12-13-3-4-14-15(11-13)30-10-9-29-14;1-22-16-15(17(26)23(2)19(22)27)20-18(21-16)25-10-8-24(9-11-25)12-13-6-4-5-7-14(13)28-3;3*1-13-4-6-14(7-5-13)12-24-8-10-25(11-9-24)18-20-15-16(21-18)22(2)19(27)23(3)17(15)26/h3-4,11H,5-10,12H2,1-2H3,(H,21,22);4-7H,8-12H2,1-3H3,(H,20,21);3*4-7H,8-12H2,1-3H3,(H,20,21). The highest BCUT2D eigenvalue weighted by atomic mass is 16.6. The number of imidazole rings is 5. The molecular formula is C96H120N30O13. The van der Waals surface area contributed by atoms with Crippen molar-refractivity contribution in [3.8, 4) is 17.2 Å². The fourth-order valence-corrected chi connectivity index (χ4v) is 18.3. The predicted octanol–water partition coefficient (Wildman–Crippen LogP) is 2.12. The van der Waals surface area contributed by atoms with E-state index in [1.165, 1.54) is 103 Å². The number of hydrogen-bond acceptors (Lipinski definition) is 28. The highest BCUT2D eigenvalue weighted by Crippen LogP contribution is 2.32. The second-order valence-corrected chi connectivity index (χ2v) is 36.4. The molecule has 5 N–H and O–H groups in total. The number of hydrogen-bond donors (Lipinski definition) is 5. The van der Waals surface area contributed by atoms with Gasteiger partial charge in [-0.3, -0.25) is 94.1 Å². The van der Waals surface area contributed by atoms with E-state index in [9.17, 15) is 47.9 Å². The first-order valence-corrected chi connectivity index (χ1v) is 46.6. The summed E-state index contributed by atoms with van der Waals surface area (Å²) in [5.41, 5.74) is 10.3. The molecule has 732 valence electrons. The third-order valence-electron chi connectivity index (χ3n) is 27.0. The second kappa shape index (κ2) is 40.8. The highest BCUT2D eigenvalue weighted by molar-refractivity contribution is 5.77. The van der Waals surface area contributed by atoms with Crippen LogP contribution >= 0.6 is 0 Å². The number of rotatable bonds is 16. The molecule has 139 heavy (non-hydrogen) atoms. The minimum absolute atomic E-state index is 0.343. The number of aryl methyl sites for hydroxylation is 8. The summed E-state index contributed by atoms with van der Waals surface area (Å²) in [6.07, 6.45) is 0. The molecule has 21 rings (SSSR count). The van der Waals surface area contributed by atoms with E-state index in [1.54, 1.807) is 42.3 Å². The van der Waals surface area contributed by atoms with Crippen molar-refractivity contribution >= 4 is 85.6 Å².